The molecule has 0 radical (unpaired) electrons. The molecule has 1 aliphatic heterocycles. The highest BCUT2D eigenvalue weighted by Gasteiger charge is 2.28. The molecule has 5 nitrogen and oxygen atoms in total. The third kappa shape index (κ3) is 1.52. The van der Waals surface area contributed by atoms with Crippen LogP contribution in [-0.2, 0) is 0 Å². The van der Waals surface area contributed by atoms with Crippen LogP contribution >= 0.6 is 0 Å². The fraction of sp³-hybridized carbons (Fsp3) is 0.545. The van der Waals surface area contributed by atoms with E-state index in [1.165, 1.54) is 12.8 Å². The van der Waals surface area contributed by atoms with Crippen LogP contribution in [0.25, 0.3) is 0 Å². The minimum absolute atomic E-state index is 0.273. The number of aromatic nitrogens is 2. The van der Waals surface area contributed by atoms with Gasteiger partial charge < -0.3 is 10.3 Å². The fourth-order valence-electron chi connectivity index (χ4n) is 1.98. The maximum atomic E-state index is 5.72. The standard InChI is InChI=1S/C11H15N5/c1-7-4-9(14-15-11(7)12)10-5-13-6-16(10)8-2-3-8/h5-8H,2-4H2,1H3,(H2,12,15). The monoisotopic (exact) mass is 217 g/mol. The van der Waals surface area contributed by atoms with Gasteiger partial charge >= 0.3 is 0 Å². The number of imidazole rings is 1. The van der Waals surface area contributed by atoms with Crippen LogP contribution in [0.4, 0.5) is 0 Å². The number of rotatable bonds is 2. The topological polar surface area (TPSA) is 68.6 Å². The van der Waals surface area contributed by atoms with E-state index in [2.05, 4.69) is 26.7 Å². The van der Waals surface area contributed by atoms with Crippen LogP contribution in [0.5, 0.6) is 0 Å². The minimum Gasteiger partial charge on any atom is -0.385 e. The van der Waals surface area contributed by atoms with Crippen molar-refractivity contribution < 1.29 is 0 Å². The van der Waals surface area contributed by atoms with E-state index in [9.17, 15) is 0 Å². The molecule has 1 aromatic heterocycles. The van der Waals surface area contributed by atoms with Crippen molar-refractivity contribution >= 4 is 11.5 Å². The Morgan fingerprint density at radius 3 is 2.88 bits per heavy atom. The molecule has 0 bridgehead atoms. The van der Waals surface area contributed by atoms with Crippen molar-refractivity contribution in [3.8, 4) is 0 Å². The van der Waals surface area contributed by atoms with E-state index in [-0.39, 0.29) is 5.92 Å². The molecule has 84 valence electrons. The molecule has 1 aliphatic carbocycles. The molecule has 16 heavy (non-hydrogen) atoms. The van der Waals surface area contributed by atoms with E-state index < -0.39 is 0 Å². The molecule has 0 amide bonds. The van der Waals surface area contributed by atoms with Crippen LogP contribution in [-0.4, -0.2) is 21.1 Å². The molecule has 1 fully saturated rings. The second-order valence-electron chi connectivity index (χ2n) is 4.59. The number of nitrogens with zero attached hydrogens (tertiary/aromatic N) is 4. The number of amidine groups is 1. The average Bonchev–Trinajstić information content (AvgIpc) is 3.01. The summed E-state index contributed by atoms with van der Waals surface area (Å²) in [5.74, 6) is 0.899. The predicted molar refractivity (Wildman–Crippen MR) is 62.4 cm³/mol. The van der Waals surface area contributed by atoms with Crippen LogP contribution in [0.2, 0.25) is 0 Å². The summed E-state index contributed by atoms with van der Waals surface area (Å²) in [5.41, 5.74) is 7.83. The minimum atomic E-state index is 0.273. The van der Waals surface area contributed by atoms with Gasteiger partial charge in [0.15, 0.2) is 0 Å². The van der Waals surface area contributed by atoms with Crippen molar-refractivity contribution in [2.24, 2.45) is 21.9 Å². The summed E-state index contributed by atoms with van der Waals surface area (Å²) in [7, 11) is 0. The van der Waals surface area contributed by atoms with Crippen molar-refractivity contribution in [3.05, 3.63) is 18.2 Å². The first-order valence-electron chi connectivity index (χ1n) is 5.68. The van der Waals surface area contributed by atoms with Crippen molar-refractivity contribution in [2.45, 2.75) is 32.2 Å². The third-order valence-corrected chi connectivity index (χ3v) is 3.19. The Labute approximate surface area is 94.1 Å². The lowest BCUT2D eigenvalue weighted by atomic mass is 10.0. The quantitative estimate of drug-likeness (QED) is 0.811. The van der Waals surface area contributed by atoms with Crippen LogP contribution in [0, 0.1) is 5.92 Å². The smallest absolute Gasteiger partial charge is 0.125 e. The highest BCUT2D eigenvalue weighted by atomic mass is 15.3. The summed E-state index contributed by atoms with van der Waals surface area (Å²) in [6.45, 7) is 2.07. The number of hydrogen-bond acceptors (Lipinski definition) is 4. The van der Waals surface area contributed by atoms with Gasteiger partial charge in [-0.1, -0.05) is 6.92 Å². The molecule has 1 unspecified atom stereocenters. The Bertz CT molecular complexity index is 466. The van der Waals surface area contributed by atoms with E-state index in [1.54, 1.807) is 0 Å². The Morgan fingerprint density at radius 1 is 1.38 bits per heavy atom. The molecule has 1 saturated carbocycles. The highest BCUT2D eigenvalue weighted by Crippen LogP contribution is 2.36. The zero-order valence-corrected chi connectivity index (χ0v) is 9.30. The van der Waals surface area contributed by atoms with Crippen LogP contribution in [0.15, 0.2) is 22.7 Å². The second-order valence-corrected chi connectivity index (χ2v) is 4.59. The van der Waals surface area contributed by atoms with Gasteiger partial charge in [0.2, 0.25) is 0 Å². The lowest BCUT2D eigenvalue weighted by Gasteiger charge is -2.16. The molecule has 2 heterocycles. The van der Waals surface area contributed by atoms with Gasteiger partial charge in [-0.05, 0) is 12.8 Å². The largest absolute Gasteiger partial charge is 0.385 e. The first-order valence-corrected chi connectivity index (χ1v) is 5.68. The van der Waals surface area contributed by atoms with Crippen LogP contribution < -0.4 is 5.73 Å². The van der Waals surface area contributed by atoms with Gasteiger partial charge in [-0.15, -0.1) is 5.10 Å². The highest BCUT2D eigenvalue weighted by molar-refractivity contribution is 6.03. The summed E-state index contributed by atoms with van der Waals surface area (Å²) < 4.78 is 2.21. The van der Waals surface area contributed by atoms with E-state index in [0.717, 1.165) is 17.8 Å². The Balaban J connectivity index is 1.95. The Kier molecular flexibility index (Phi) is 2.05. The molecule has 1 aromatic rings. The molecule has 0 saturated heterocycles. The number of nitrogens with two attached hydrogens (primary N) is 1. The van der Waals surface area contributed by atoms with Gasteiger partial charge in [-0.25, -0.2) is 4.98 Å². The van der Waals surface area contributed by atoms with Crippen LogP contribution in [0.3, 0.4) is 0 Å². The zero-order valence-electron chi connectivity index (χ0n) is 9.30. The average molecular weight is 217 g/mol. The van der Waals surface area contributed by atoms with E-state index in [4.69, 9.17) is 5.73 Å². The third-order valence-electron chi connectivity index (χ3n) is 3.19. The van der Waals surface area contributed by atoms with Crippen molar-refractivity contribution in [3.63, 3.8) is 0 Å². The van der Waals surface area contributed by atoms with E-state index in [1.807, 2.05) is 12.5 Å². The van der Waals surface area contributed by atoms with Gasteiger partial charge in [0.1, 0.15) is 5.84 Å². The molecule has 5 heteroatoms. The Hall–Kier alpha value is -1.65. The number of hydrogen-bond donors (Lipinski definition) is 1. The maximum Gasteiger partial charge on any atom is 0.125 e. The molecule has 1 atom stereocenters. The second kappa shape index (κ2) is 3.43. The zero-order chi connectivity index (χ0) is 11.1. The van der Waals surface area contributed by atoms with Gasteiger partial charge in [0, 0.05) is 18.4 Å². The molecule has 3 rings (SSSR count). The van der Waals surface area contributed by atoms with Gasteiger partial charge in [-0.3, -0.25) is 0 Å². The molecular formula is C11H15N5. The van der Waals surface area contributed by atoms with E-state index in [0.29, 0.717) is 11.9 Å². The lowest BCUT2D eigenvalue weighted by molar-refractivity contribution is 0.718. The molecule has 0 spiro atoms. The van der Waals surface area contributed by atoms with Crippen molar-refractivity contribution in [1.29, 1.82) is 0 Å². The predicted octanol–water partition coefficient (Wildman–Crippen LogP) is 1.32. The fourth-order valence-corrected chi connectivity index (χ4v) is 1.98. The first kappa shape index (κ1) is 9.57. The van der Waals surface area contributed by atoms with Crippen molar-refractivity contribution in [1.82, 2.24) is 9.55 Å². The first-order chi connectivity index (χ1) is 7.75. The molecule has 0 aromatic carbocycles. The summed E-state index contributed by atoms with van der Waals surface area (Å²) in [6.07, 6.45) is 7.12. The summed E-state index contributed by atoms with van der Waals surface area (Å²) in [5, 5.41) is 8.20. The van der Waals surface area contributed by atoms with Gasteiger partial charge in [0.05, 0.1) is 23.9 Å². The molecule has 2 N–H and O–H groups in total. The molecule has 2 aliphatic rings. The Morgan fingerprint density at radius 2 is 2.19 bits per heavy atom. The summed E-state index contributed by atoms with van der Waals surface area (Å²) in [6, 6.07) is 0.624. The van der Waals surface area contributed by atoms with Gasteiger partial charge in [-0.2, -0.15) is 5.10 Å². The lowest BCUT2D eigenvalue weighted by Crippen LogP contribution is -2.27. The SMILES string of the molecule is CC1CC(c2cncn2C2CC2)=NN=C1N. The molecular weight excluding hydrogens is 202 g/mol. The van der Waals surface area contributed by atoms with E-state index >= 15 is 0 Å². The maximum absolute atomic E-state index is 5.72. The van der Waals surface area contributed by atoms with Crippen LogP contribution in [0.1, 0.15) is 37.9 Å². The summed E-state index contributed by atoms with van der Waals surface area (Å²) >= 11 is 0. The van der Waals surface area contributed by atoms with Gasteiger partial charge in [0.25, 0.3) is 0 Å². The van der Waals surface area contributed by atoms with Crippen molar-refractivity contribution in [2.75, 3.05) is 0 Å². The summed E-state index contributed by atoms with van der Waals surface area (Å²) in [4.78, 5) is 4.21. The normalized spacial score (nSPS) is 25.2.